The Labute approximate surface area is 106 Å². The third-order valence-corrected chi connectivity index (χ3v) is 3.66. The second-order valence-electron chi connectivity index (χ2n) is 4.10. The zero-order chi connectivity index (χ0) is 12.3. The molecule has 90 valence electrons. The number of hydrogen-bond acceptors (Lipinski definition) is 3. The van der Waals surface area contributed by atoms with Crippen LogP contribution in [0.4, 0.5) is 0 Å². The van der Waals surface area contributed by atoms with Gasteiger partial charge in [0.1, 0.15) is 5.82 Å². The second-order valence-corrected chi connectivity index (χ2v) is 5.15. The maximum atomic E-state index is 5.87. The molecule has 17 heavy (non-hydrogen) atoms. The van der Waals surface area contributed by atoms with Gasteiger partial charge in [0.05, 0.1) is 5.75 Å². The van der Waals surface area contributed by atoms with Gasteiger partial charge in [0.2, 0.25) is 0 Å². The highest BCUT2D eigenvalue weighted by atomic mass is 32.2. The molecule has 4 heteroatoms. The van der Waals surface area contributed by atoms with Crippen LogP contribution in [0.5, 0.6) is 0 Å². The molecule has 3 nitrogen and oxygen atoms in total. The van der Waals surface area contributed by atoms with E-state index in [9.17, 15) is 0 Å². The Morgan fingerprint density at radius 2 is 2.29 bits per heavy atom. The summed E-state index contributed by atoms with van der Waals surface area (Å²) in [5, 5.41) is 0. The summed E-state index contributed by atoms with van der Waals surface area (Å²) in [4.78, 5) is 5.54. The zero-order valence-corrected chi connectivity index (χ0v) is 10.9. The van der Waals surface area contributed by atoms with E-state index in [1.165, 1.54) is 10.5 Å². The van der Waals surface area contributed by atoms with Crippen LogP contribution in [-0.4, -0.2) is 9.55 Å². The number of nitrogens with two attached hydrogens (primary N) is 1. The van der Waals surface area contributed by atoms with Gasteiger partial charge in [0, 0.05) is 30.4 Å². The number of thioether (sulfide) groups is 1. The summed E-state index contributed by atoms with van der Waals surface area (Å²) in [5.74, 6) is 1.97. The summed E-state index contributed by atoms with van der Waals surface area (Å²) in [6.45, 7) is 2.00. The van der Waals surface area contributed by atoms with Crippen molar-refractivity contribution in [1.82, 2.24) is 9.55 Å². The monoisotopic (exact) mass is 247 g/mol. The molecule has 0 saturated carbocycles. The first-order valence-electron chi connectivity index (χ1n) is 5.61. The topological polar surface area (TPSA) is 43.8 Å². The summed E-state index contributed by atoms with van der Waals surface area (Å²) in [5.41, 5.74) is 7.05. The fraction of sp³-hybridized carbons (Fsp3) is 0.308. The molecule has 2 N–H and O–H groups in total. The number of hydrogen-bond donors (Lipinski definition) is 1. The van der Waals surface area contributed by atoms with Crippen LogP contribution in [0.15, 0.2) is 41.6 Å². The third-order valence-electron chi connectivity index (χ3n) is 2.67. The Bertz CT molecular complexity index is 491. The number of rotatable bonds is 4. The van der Waals surface area contributed by atoms with E-state index in [0.717, 1.165) is 11.6 Å². The summed E-state index contributed by atoms with van der Waals surface area (Å²) in [6.07, 6.45) is 3.79. The van der Waals surface area contributed by atoms with Crippen LogP contribution in [0, 0.1) is 0 Å². The third kappa shape index (κ3) is 3.11. The van der Waals surface area contributed by atoms with Gasteiger partial charge in [0.25, 0.3) is 0 Å². The predicted molar refractivity (Wildman–Crippen MR) is 71.8 cm³/mol. The lowest BCUT2D eigenvalue weighted by molar-refractivity contribution is 0.814. The molecule has 2 aromatic rings. The smallest absolute Gasteiger partial charge is 0.118 e. The molecular weight excluding hydrogens is 230 g/mol. The summed E-state index contributed by atoms with van der Waals surface area (Å²) in [6, 6.07) is 8.47. The fourth-order valence-corrected chi connectivity index (χ4v) is 2.54. The van der Waals surface area contributed by atoms with Crippen molar-refractivity contribution in [3.8, 4) is 0 Å². The van der Waals surface area contributed by atoms with Crippen molar-refractivity contribution in [3.63, 3.8) is 0 Å². The van der Waals surface area contributed by atoms with E-state index >= 15 is 0 Å². The van der Waals surface area contributed by atoms with Crippen LogP contribution in [0.3, 0.4) is 0 Å². The molecule has 2 rings (SSSR count). The Kier molecular flexibility index (Phi) is 3.86. The van der Waals surface area contributed by atoms with Crippen LogP contribution < -0.4 is 5.73 Å². The van der Waals surface area contributed by atoms with Gasteiger partial charge in [0.15, 0.2) is 0 Å². The lowest BCUT2D eigenvalue weighted by atomic mass is 10.1. The van der Waals surface area contributed by atoms with Gasteiger partial charge in [-0.3, -0.25) is 0 Å². The van der Waals surface area contributed by atoms with Gasteiger partial charge in [-0.25, -0.2) is 4.98 Å². The first-order valence-corrected chi connectivity index (χ1v) is 6.60. The summed E-state index contributed by atoms with van der Waals surface area (Å²) in [7, 11) is 2.02. The maximum Gasteiger partial charge on any atom is 0.118 e. The van der Waals surface area contributed by atoms with Crippen molar-refractivity contribution < 1.29 is 0 Å². The molecular formula is C13H17N3S. The van der Waals surface area contributed by atoms with Gasteiger partial charge >= 0.3 is 0 Å². The van der Waals surface area contributed by atoms with Gasteiger partial charge in [-0.2, -0.15) is 0 Å². The van der Waals surface area contributed by atoms with Crippen molar-refractivity contribution in [2.24, 2.45) is 12.8 Å². The van der Waals surface area contributed by atoms with Crippen molar-refractivity contribution >= 4 is 11.8 Å². The normalized spacial score (nSPS) is 12.6. The average molecular weight is 247 g/mol. The van der Waals surface area contributed by atoms with Gasteiger partial charge in [-0.1, -0.05) is 12.1 Å². The van der Waals surface area contributed by atoms with E-state index in [1.54, 1.807) is 11.8 Å². The van der Waals surface area contributed by atoms with Crippen molar-refractivity contribution in [2.45, 2.75) is 23.6 Å². The van der Waals surface area contributed by atoms with Gasteiger partial charge < -0.3 is 10.3 Å². The first kappa shape index (κ1) is 12.2. The molecule has 0 aliphatic rings. The Hall–Kier alpha value is -1.26. The van der Waals surface area contributed by atoms with Crippen molar-refractivity contribution in [1.29, 1.82) is 0 Å². The molecule has 1 aromatic heterocycles. The van der Waals surface area contributed by atoms with E-state index in [0.29, 0.717) is 0 Å². The highest BCUT2D eigenvalue weighted by Crippen LogP contribution is 2.24. The van der Waals surface area contributed by atoms with Gasteiger partial charge in [-0.15, -0.1) is 11.8 Å². The molecule has 0 fully saturated rings. The summed E-state index contributed by atoms with van der Waals surface area (Å²) >= 11 is 1.78. The molecule has 0 bridgehead atoms. The SMILES string of the molecule is CC(N)c1cccc(SCc2nccn2C)c1. The second kappa shape index (κ2) is 5.38. The van der Waals surface area contributed by atoms with Crippen LogP contribution in [-0.2, 0) is 12.8 Å². The van der Waals surface area contributed by atoms with E-state index in [1.807, 2.05) is 30.9 Å². The minimum atomic E-state index is 0.0868. The first-order chi connectivity index (χ1) is 8.16. The number of aryl methyl sites for hydroxylation is 1. The van der Waals surface area contributed by atoms with Crippen molar-refractivity contribution in [2.75, 3.05) is 0 Å². The van der Waals surface area contributed by atoms with Crippen LogP contribution in [0.2, 0.25) is 0 Å². The molecule has 1 atom stereocenters. The van der Waals surface area contributed by atoms with Crippen molar-refractivity contribution in [3.05, 3.63) is 48.0 Å². The fourth-order valence-electron chi connectivity index (χ4n) is 1.57. The lowest BCUT2D eigenvalue weighted by Gasteiger charge is -2.08. The molecule has 0 radical (unpaired) electrons. The number of benzene rings is 1. The number of aromatic nitrogens is 2. The number of nitrogens with zero attached hydrogens (tertiary/aromatic N) is 2. The minimum absolute atomic E-state index is 0.0868. The van der Waals surface area contributed by atoms with Crippen LogP contribution in [0.1, 0.15) is 24.4 Å². The maximum absolute atomic E-state index is 5.87. The van der Waals surface area contributed by atoms with E-state index < -0.39 is 0 Å². The van der Waals surface area contributed by atoms with E-state index in [-0.39, 0.29) is 6.04 Å². The van der Waals surface area contributed by atoms with E-state index in [4.69, 9.17) is 5.73 Å². The quantitative estimate of drug-likeness (QED) is 0.845. The number of imidazole rings is 1. The highest BCUT2D eigenvalue weighted by molar-refractivity contribution is 7.98. The standard InChI is InChI=1S/C13H17N3S/c1-10(14)11-4-3-5-12(8-11)17-9-13-15-6-7-16(13)2/h3-8,10H,9,14H2,1-2H3. The van der Waals surface area contributed by atoms with Crippen LogP contribution in [0.25, 0.3) is 0 Å². The van der Waals surface area contributed by atoms with E-state index in [2.05, 4.69) is 29.2 Å². The average Bonchev–Trinajstić information content (AvgIpc) is 2.72. The van der Waals surface area contributed by atoms with Crippen LogP contribution >= 0.6 is 11.8 Å². The molecule has 0 saturated heterocycles. The van der Waals surface area contributed by atoms with Gasteiger partial charge in [-0.05, 0) is 24.6 Å². The molecule has 1 aromatic carbocycles. The molecule has 0 aliphatic carbocycles. The Balaban J connectivity index is 2.04. The minimum Gasteiger partial charge on any atom is -0.337 e. The summed E-state index contributed by atoms with van der Waals surface area (Å²) < 4.78 is 2.04. The Morgan fingerprint density at radius 3 is 2.94 bits per heavy atom. The molecule has 0 aliphatic heterocycles. The Morgan fingerprint density at radius 1 is 1.47 bits per heavy atom. The highest BCUT2D eigenvalue weighted by Gasteiger charge is 2.03. The molecule has 0 amide bonds. The largest absolute Gasteiger partial charge is 0.337 e. The molecule has 1 heterocycles. The lowest BCUT2D eigenvalue weighted by Crippen LogP contribution is -2.04. The zero-order valence-electron chi connectivity index (χ0n) is 10.1. The molecule has 1 unspecified atom stereocenters. The predicted octanol–water partition coefficient (Wildman–Crippen LogP) is 2.73. The molecule has 0 spiro atoms.